The van der Waals surface area contributed by atoms with E-state index in [0.29, 0.717) is 0 Å². The van der Waals surface area contributed by atoms with E-state index in [9.17, 15) is 0 Å². The average molecular weight is 343 g/mol. The van der Waals surface area contributed by atoms with Crippen LogP contribution in [-0.4, -0.2) is 21.3 Å². The smallest absolute Gasteiger partial charge is 0.0947 e. The molecular weight excluding hydrogens is 324 g/mol. The molecule has 104 valence electrons. The van der Waals surface area contributed by atoms with Gasteiger partial charge in [-0.25, -0.2) is 4.98 Å². The molecule has 6 heteroatoms. The van der Waals surface area contributed by atoms with Crippen LogP contribution in [0.25, 0.3) is 0 Å². The van der Waals surface area contributed by atoms with Gasteiger partial charge < -0.3 is 5.32 Å². The van der Waals surface area contributed by atoms with Crippen molar-refractivity contribution >= 4 is 27.3 Å². The second-order valence-corrected chi connectivity index (χ2v) is 6.39. The lowest BCUT2D eigenvalue weighted by atomic mass is 10.1. The molecule has 19 heavy (non-hydrogen) atoms. The largest absolute Gasteiger partial charge is 0.308 e. The molecule has 0 aliphatic heterocycles. The summed E-state index contributed by atoms with van der Waals surface area (Å²) >= 11 is 5.31. The highest BCUT2D eigenvalue weighted by Gasteiger charge is 2.20. The van der Waals surface area contributed by atoms with Gasteiger partial charge in [0.1, 0.15) is 0 Å². The van der Waals surface area contributed by atoms with Crippen LogP contribution in [0, 0.1) is 6.92 Å². The molecule has 4 nitrogen and oxygen atoms in total. The van der Waals surface area contributed by atoms with Crippen molar-refractivity contribution in [1.82, 2.24) is 20.1 Å². The molecule has 0 amide bonds. The van der Waals surface area contributed by atoms with Crippen LogP contribution in [0.4, 0.5) is 0 Å². The van der Waals surface area contributed by atoms with Gasteiger partial charge in [-0.15, -0.1) is 11.3 Å². The van der Waals surface area contributed by atoms with Crippen molar-refractivity contribution in [3.8, 4) is 0 Å². The van der Waals surface area contributed by atoms with E-state index in [4.69, 9.17) is 0 Å². The van der Waals surface area contributed by atoms with Gasteiger partial charge in [0.15, 0.2) is 0 Å². The predicted octanol–water partition coefficient (Wildman–Crippen LogP) is 3.23. The first-order chi connectivity index (χ1) is 9.11. The summed E-state index contributed by atoms with van der Waals surface area (Å²) in [7, 11) is 1.98. The fourth-order valence-electron chi connectivity index (χ4n) is 2.07. The molecule has 1 atom stereocenters. The molecule has 0 fully saturated rings. The van der Waals surface area contributed by atoms with Crippen molar-refractivity contribution in [1.29, 1.82) is 0 Å². The lowest BCUT2D eigenvalue weighted by molar-refractivity contribution is 0.491. The molecule has 0 aliphatic carbocycles. The topological polar surface area (TPSA) is 42.7 Å². The van der Waals surface area contributed by atoms with Crippen molar-refractivity contribution in [2.24, 2.45) is 7.05 Å². The molecule has 0 saturated heterocycles. The van der Waals surface area contributed by atoms with Crippen LogP contribution in [0.15, 0.2) is 16.0 Å². The van der Waals surface area contributed by atoms with Crippen LogP contribution < -0.4 is 5.32 Å². The van der Waals surface area contributed by atoms with Crippen LogP contribution in [0.5, 0.6) is 0 Å². The first-order valence-electron chi connectivity index (χ1n) is 6.43. The van der Waals surface area contributed by atoms with E-state index in [1.165, 1.54) is 10.7 Å². The van der Waals surface area contributed by atoms with Gasteiger partial charge in [-0.3, -0.25) is 4.68 Å². The summed E-state index contributed by atoms with van der Waals surface area (Å²) in [5.41, 5.74) is 2.28. The number of aryl methyl sites for hydroxylation is 2. The second kappa shape index (κ2) is 6.63. The van der Waals surface area contributed by atoms with Crippen LogP contribution in [-0.2, 0) is 13.5 Å². The second-order valence-electron chi connectivity index (χ2n) is 4.59. The lowest BCUT2D eigenvalue weighted by Crippen LogP contribution is -2.26. The third kappa shape index (κ3) is 3.64. The Hall–Kier alpha value is -0.720. The van der Waals surface area contributed by atoms with Gasteiger partial charge >= 0.3 is 0 Å². The van der Waals surface area contributed by atoms with Crippen molar-refractivity contribution in [2.45, 2.75) is 32.7 Å². The molecule has 0 aromatic carbocycles. The number of thiazole rings is 1. The Morgan fingerprint density at radius 2 is 2.32 bits per heavy atom. The molecule has 2 aromatic heterocycles. The molecule has 0 spiro atoms. The fourth-order valence-corrected chi connectivity index (χ4v) is 3.51. The maximum absolute atomic E-state index is 4.56. The van der Waals surface area contributed by atoms with Gasteiger partial charge in [0.2, 0.25) is 0 Å². The number of hydrogen-bond donors (Lipinski definition) is 1. The number of halogens is 1. The minimum absolute atomic E-state index is 0.243. The summed E-state index contributed by atoms with van der Waals surface area (Å²) in [5.74, 6) is 0. The number of hydrogen-bond acceptors (Lipinski definition) is 4. The summed E-state index contributed by atoms with van der Waals surface area (Å²) in [6, 6.07) is 0.243. The van der Waals surface area contributed by atoms with Crippen molar-refractivity contribution in [3.63, 3.8) is 0 Å². The molecule has 0 saturated carbocycles. The van der Waals surface area contributed by atoms with Gasteiger partial charge in [-0.2, -0.15) is 5.10 Å². The molecule has 2 rings (SSSR count). The average Bonchev–Trinajstić information content (AvgIpc) is 2.92. The van der Waals surface area contributed by atoms with Crippen LogP contribution in [0.2, 0.25) is 0 Å². The maximum Gasteiger partial charge on any atom is 0.0947 e. The Labute approximate surface area is 126 Å². The molecule has 0 aliphatic rings. The summed E-state index contributed by atoms with van der Waals surface area (Å²) in [6.07, 6.45) is 3.86. The minimum Gasteiger partial charge on any atom is -0.308 e. The zero-order chi connectivity index (χ0) is 13.8. The lowest BCUT2D eigenvalue weighted by Gasteiger charge is -2.18. The molecule has 2 aromatic rings. The van der Waals surface area contributed by atoms with E-state index in [2.05, 4.69) is 43.6 Å². The highest BCUT2D eigenvalue weighted by atomic mass is 79.9. The SMILES string of the molecule is CCCNC(Cc1nc(C)cs1)c1c(Br)cnn1C. The first-order valence-corrected chi connectivity index (χ1v) is 8.10. The van der Waals surface area contributed by atoms with Crippen molar-refractivity contribution in [3.05, 3.63) is 32.4 Å². The highest BCUT2D eigenvalue weighted by molar-refractivity contribution is 9.10. The van der Waals surface area contributed by atoms with Crippen LogP contribution in [0.3, 0.4) is 0 Å². The maximum atomic E-state index is 4.56. The van der Waals surface area contributed by atoms with E-state index in [1.54, 1.807) is 11.3 Å². The van der Waals surface area contributed by atoms with Gasteiger partial charge in [0, 0.05) is 24.5 Å². The Bertz CT molecular complexity index is 515. The zero-order valence-corrected chi connectivity index (χ0v) is 13.9. The number of rotatable bonds is 6. The molecule has 0 radical (unpaired) electrons. The molecule has 1 unspecified atom stereocenters. The molecular formula is C13H19BrN4S. The highest BCUT2D eigenvalue weighted by Crippen LogP contribution is 2.26. The zero-order valence-electron chi connectivity index (χ0n) is 11.5. The standard InChI is InChI=1S/C13H19BrN4S/c1-4-5-15-11(6-12-17-9(2)8-19-12)13-10(14)7-16-18(13)3/h7-8,11,15H,4-6H2,1-3H3. The van der Waals surface area contributed by atoms with E-state index in [-0.39, 0.29) is 6.04 Å². The third-order valence-electron chi connectivity index (χ3n) is 2.95. The fraction of sp³-hybridized carbons (Fsp3) is 0.538. The summed E-state index contributed by atoms with van der Waals surface area (Å²) in [6.45, 7) is 5.21. The van der Waals surface area contributed by atoms with Crippen molar-refractivity contribution < 1.29 is 0 Å². The number of aromatic nitrogens is 3. The number of nitrogens with zero attached hydrogens (tertiary/aromatic N) is 3. The third-order valence-corrected chi connectivity index (χ3v) is 4.55. The summed E-state index contributed by atoms with van der Waals surface area (Å²) in [4.78, 5) is 4.56. The van der Waals surface area contributed by atoms with E-state index < -0.39 is 0 Å². The van der Waals surface area contributed by atoms with Crippen LogP contribution in [0.1, 0.15) is 35.8 Å². The monoisotopic (exact) mass is 342 g/mol. The van der Waals surface area contributed by atoms with Gasteiger partial charge in [-0.05, 0) is 35.8 Å². The van der Waals surface area contributed by atoms with Crippen molar-refractivity contribution in [2.75, 3.05) is 6.54 Å². The van der Waals surface area contributed by atoms with Gasteiger partial charge in [0.25, 0.3) is 0 Å². The Morgan fingerprint density at radius 3 is 2.84 bits per heavy atom. The first kappa shape index (κ1) is 14.7. The molecule has 0 bridgehead atoms. The van der Waals surface area contributed by atoms with Gasteiger partial charge in [0.05, 0.1) is 27.4 Å². The Balaban J connectivity index is 2.20. The summed E-state index contributed by atoms with van der Waals surface area (Å²) < 4.78 is 2.98. The number of nitrogens with one attached hydrogen (secondary N) is 1. The van der Waals surface area contributed by atoms with Gasteiger partial charge in [-0.1, -0.05) is 6.92 Å². The quantitative estimate of drug-likeness (QED) is 0.876. The van der Waals surface area contributed by atoms with E-state index >= 15 is 0 Å². The Morgan fingerprint density at radius 1 is 1.53 bits per heavy atom. The summed E-state index contributed by atoms with van der Waals surface area (Å²) in [5, 5.41) is 11.2. The minimum atomic E-state index is 0.243. The van der Waals surface area contributed by atoms with Crippen LogP contribution >= 0.6 is 27.3 Å². The van der Waals surface area contributed by atoms with E-state index in [0.717, 1.165) is 29.6 Å². The molecule has 2 heterocycles. The normalized spacial score (nSPS) is 12.8. The predicted molar refractivity (Wildman–Crippen MR) is 82.5 cm³/mol. The Kier molecular flexibility index (Phi) is 5.13. The van der Waals surface area contributed by atoms with E-state index in [1.807, 2.05) is 24.9 Å². The molecule has 1 N–H and O–H groups in total.